The number of aromatic nitrogens is 4. The molecule has 1 aliphatic heterocycles. The lowest BCUT2D eigenvalue weighted by molar-refractivity contribution is 0.153. The molecule has 1 spiro atoms. The van der Waals surface area contributed by atoms with Crippen molar-refractivity contribution in [1.82, 2.24) is 24.3 Å². The van der Waals surface area contributed by atoms with Gasteiger partial charge < -0.3 is 4.90 Å². The first-order valence-corrected chi connectivity index (χ1v) is 13.6. The molecule has 5 rings (SSSR count). The summed E-state index contributed by atoms with van der Waals surface area (Å²) in [4.78, 5) is 11.4. The molecular formula is C24H29BrF2N6OS. The van der Waals surface area contributed by atoms with Gasteiger partial charge in [0.2, 0.25) is 0 Å². The van der Waals surface area contributed by atoms with Crippen molar-refractivity contribution in [3.8, 4) is 0 Å². The van der Waals surface area contributed by atoms with Crippen molar-refractivity contribution in [2.24, 2.45) is 5.41 Å². The number of hydrogen-bond donors (Lipinski definition) is 1. The summed E-state index contributed by atoms with van der Waals surface area (Å²) in [5.74, 6) is 0.532. The van der Waals surface area contributed by atoms with Gasteiger partial charge in [-0.05, 0) is 79.9 Å². The summed E-state index contributed by atoms with van der Waals surface area (Å²) in [5.41, 5.74) is 2.91. The van der Waals surface area contributed by atoms with Crippen LogP contribution < -0.4 is 9.62 Å². The quantitative estimate of drug-likeness (QED) is 0.477. The summed E-state index contributed by atoms with van der Waals surface area (Å²) < 4.78 is 45.8. The Kier molecular flexibility index (Phi) is 6.24. The Bertz CT molecular complexity index is 1300. The van der Waals surface area contributed by atoms with Crippen molar-refractivity contribution in [2.45, 2.75) is 64.2 Å². The number of nitrogens with one attached hydrogen (secondary N) is 1. The summed E-state index contributed by atoms with van der Waals surface area (Å²) >= 11 is 3.44. The molecule has 1 aliphatic carbocycles. The van der Waals surface area contributed by atoms with Crippen LogP contribution in [-0.2, 0) is 17.4 Å². The van der Waals surface area contributed by atoms with Crippen LogP contribution in [0.4, 0.5) is 14.6 Å². The first kappa shape index (κ1) is 24.7. The van der Waals surface area contributed by atoms with Crippen LogP contribution in [0.1, 0.15) is 68.6 Å². The lowest BCUT2D eigenvalue weighted by Gasteiger charge is -2.44. The molecule has 1 N–H and O–H groups in total. The average molecular weight is 568 g/mol. The van der Waals surface area contributed by atoms with E-state index in [1.807, 2.05) is 40.0 Å². The van der Waals surface area contributed by atoms with Crippen LogP contribution in [0.2, 0.25) is 0 Å². The molecule has 4 heterocycles. The van der Waals surface area contributed by atoms with Gasteiger partial charge in [0.05, 0.1) is 39.2 Å². The third-order valence-electron chi connectivity index (χ3n) is 7.21. The number of pyridine rings is 1. The average Bonchev–Trinajstić information content (AvgIpc) is 3.37. The van der Waals surface area contributed by atoms with Crippen molar-refractivity contribution >= 4 is 38.3 Å². The number of nitrogens with zero attached hydrogens (tertiary/aromatic N) is 5. The van der Waals surface area contributed by atoms with Crippen LogP contribution >= 0.6 is 15.9 Å². The van der Waals surface area contributed by atoms with Gasteiger partial charge in [0.15, 0.2) is 5.82 Å². The van der Waals surface area contributed by atoms with Crippen LogP contribution in [-0.4, -0.2) is 41.6 Å². The fourth-order valence-electron chi connectivity index (χ4n) is 5.25. The number of anilines is 1. The molecule has 7 nitrogen and oxygen atoms in total. The maximum atomic E-state index is 13.8. The third-order valence-corrected chi connectivity index (χ3v) is 9.68. The van der Waals surface area contributed by atoms with E-state index >= 15 is 0 Å². The van der Waals surface area contributed by atoms with E-state index in [0.717, 1.165) is 30.5 Å². The number of halogens is 3. The van der Waals surface area contributed by atoms with Gasteiger partial charge in [0, 0.05) is 25.0 Å². The zero-order valence-electron chi connectivity index (χ0n) is 20.2. The van der Waals surface area contributed by atoms with Gasteiger partial charge in [-0.3, -0.25) is 4.98 Å². The van der Waals surface area contributed by atoms with E-state index in [1.165, 1.54) is 10.7 Å². The maximum Gasteiger partial charge on any atom is 0.267 e. The Morgan fingerprint density at radius 2 is 2.00 bits per heavy atom. The molecule has 0 aromatic carbocycles. The van der Waals surface area contributed by atoms with Crippen LogP contribution in [0.3, 0.4) is 0 Å². The van der Waals surface area contributed by atoms with Gasteiger partial charge in [-0.15, -0.1) is 0 Å². The molecule has 1 unspecified atom stereocenters. The fraction of sp³-hybridized carbons (Fsp3) is 0.542. The minimum atomic E-state index is -2.64. The van der Waals surface area contributed by atoms with E-state index in [4.69, 9.17) is 4.98 Å². The topological polar surface area (TPSA) is 75.4 Å². The van der Waals surface area contributed by atoms with Gasteiger partial charge in [-0.25, -0.2) is 27.2 Å². The SMILES string of the molecule is Cc1nc(N2CCC3(CC2)Cc2ncccc2[C@H]3NS(=O)C(C)(C)C)c2c(C(F)F)cnn2c1Br. The largest absolute Gasteiger partial charge is 0.355 e. The highest BCUT2D eigenvalue weighted by molar-refractivity contribution is 9.10. The van der Waals surface area contributed by atoms with E-state index in [0.29, 0.717) is 34.7 Å². The minimum Gasteiger partial charge on any atom is -0.355 e. The highest BCUT2D eigenvalue weighted by Crippen LogP contribution is 2.52. The van der Waals surface area contributed by atoms with E-state index in [9.17, 15) is 13.0 Å². The van der Waals surface area contributed by atoms with Gasteiger partial charge in [-0.1, -0.05) is 6.07 Å². The van der Waals surface area contributed by atoms with Gasteiger partial charge in [0.1, 0.15) is 10.1 Å². The third kappa shape index (κ3) is 4.19. The Morgan fingerprint density at radius 3 is 2.66 bits per heavy atom. The maximum absolute atomic E-state index is 13.8. The Hall–Kier alpha value is -1.98. The molecule has 35 heavy (non-hydrogen) atoms. The Balaban J connectivity index is 1.48. The lowest BCUT2D eigenvalue weighted by atomic mass is 9.73. The molecule has 0 amide bonds. The van der Waals surface area contributed by atoms with Gasteiger partial charge >= 0.3 is 0 Å². The lowest BCUT2D eigenvalue weighted by Crippen LogP contribution is -2.48. The second-order valence-corrected chi connectivity index (χ2v) is 13.2. The zero-order chi connectivity index (χ0) is 25.1. The number of rotatable bonds is 4. The zero-order valence-corrected chi connectivity index (χ0v) is 22.6. The van der Waals surface area contributed by atoms with E-state index in [2.05, 4.69) is 41.7 Å². The number of hydrogen-bond acceptors (Lipinski definition) is 5. The van der Waals surface area contributed by atoms with Gasteiger partial charge in [0.25, 0.3) is 6.43 Å². The highest BCUT2D eigenvalue weighted by Gasteiger charge is 2.49. The molecule has 0 radical (unpaired) electrons. The smallest absolute Gasteiger partial charge is 0.267 e. The van der Waals surface area contributed by atoms with Crippen LogP contribution in [0.5, 0.6) is 0 Å². The van der Waals surface area contributed by atoms with Crippen LogP contribution in [0, 0.1) is 12.3 Å². The van der Waals surface area contributed by atoms with Crippen LogP contribution in [0.15, 0.2) is 29.1 Å². The second kappa shape index (κ2) is 8.85. The normalized spacial score (nSPS) is 20.7. The Morgan fingerprint density at radius 1 is 1.29 bits per heavy atom. The number of aryl methyl sites for hydroxylation is 1. The first-order chi connectivity index (χ1) is 16.5. The minimum absolute atomic E-state index is 0.0837. The molecule has 1 saturated heterocycles. The molecular weight excluding hydrogens is 538 g/mol. The molecule has 3 aromatic heterocycles. The molecule has 1 fully saturated rings. The van der Waals surface area contributed by atoms with Crippen LogP contribution in [0.25, 0.3) is 5.52 Å². The van der Waals surface area contributed by atoms with Crippen molar-refractivity contribution < 1.29 is 13.0 Å². The van der Waals surface area contributed by atoms with E-state index in [1.54, 1.807) is 0 Å². The molecule has 0 saturated carbocycles. The monoisotopic (exact) mass is 566 g/mol. The van der Waals surface area contributed by atoms with Crippen molar-refractivity contribution in [2.75, 3.05) is 18.0 Å². The predicted molar refractivity (Wildman–Crippen MR) is 136 cm³/mol. The summed E-state index contributed by atoms with van der Waals surface area (Å²) in [6.07, 6.45) is 2.78. The van der Waals surface area contributed by atoms with Crippen molar-refractivity contribution in [3.63, 3.8) is 0 Å². The summed E-state index contributed by atoms with van der Waals surface area (Å²) in [6.45, 7) is 9.01. The van der Waals surface area contributed by atoms with E-state index < -0.39 is 22.2 Å². The molecule has 0 bridgehead atoms. The number of fused-ring (bicyclic) bond motifs is 2. The second-order valence-electron chi connectivity index (χ2n) is 10.5. The number of alkyl halides is 2. The standard InChI is InChI=1S/C24H29BrF2N6OS/c1-14-20(25)33-18(16(13-29-33)21(26)27)22(30-14)32-10-7-24(8-11-32)12-17-15(6-5-9-28-17)19(24)31-35(34)23(2,3)4/h5-6,9,13,19,21,31H,7-8,10-12H2,1-4H3/t19-,35?/m1/s1. The summed E-state index contributed by atoms with van der Waals surface area (Å²) in [7, 11) is -1.24. The summed E-state index contributed by atoms with van der Waals surface area (Å²) in [5, 5.41) is 4.19. The molecule has 2 aliphatic rings. The molecule has 3 aromatic rings. The highest BCUT2D eigenvalue weighted by atomic mass is 79.9. The molecule has 11 heteroatoms. The first-order valence-electron chi connectivity index (χ1n) is 11.7. The number of piperidine rings is 1. The van der Waals surface area contributed by atoms with Crippen molar-refractivity contribution in [1.29, 1.82) is 0 Å². The fourth-order valence-corrected chi connectivity index (χ4v) is 6.56. The molecule has 2 atom stereocenters. The van der Waals surface area contributed by atoms with E-state index in [-0.39, 0.29) is 17.0 Å². The van der Waals surface area contributed by atoms with Gasteiger partial charge in [-0.2, -0.15) is 5.10 Å². The summed E-state index contributed by atoms with van der Waals surface area (Å²) in [6, 6.07) is 3.92. The molecule has 188 valence electrons. The van der Waals surface area contributed by atoms with Crippen molar-refractivity contribution in [3.05, 3.63) is 51.6 Å². The predicted octanol–water partition coefficient (Wildman–Crippen LogP) is 5.07. The Labute approximate surface area is 214 Å².